The Morgan fingerprint density at radius 1 is 0.921 bits per heavy atom. The van der Waals surface area contributed by atoms with Gasteiger partial charge in [0.1, 0.15) is 24.1 Å². The van der Waals surface area contributed by atoms with Gasteiger partial charge < -0.3 is 19.9 Å². The highest BCUT2D eigenvalue weighted by Gasteiger charge is 2.45. The molecule has 0 radical (unpaired) electrons. The van der Waals surface area contributed by atoms with Crippen molar-refractivity contribution < 1.29 is 4.74 Å². The number of piperazine rings is 1. The smallest absolute Gasteiger partial charge is 0.234 e. The van der Waals surface area contributed by atoms with E-state index in [-0.39, 0.29) is 5.54 Å². The Kier molecular flexibility index (Phi) is 6.10. The first-order valence-electron chi connectivity index (χ1n) is 14.3. The minimum atomic E-state index is 0.120. The molecule has 5 heterocycles. The van der Waals surface area contributed by atoms with Crippen molar-refractivity contribution in [3.05, 3.63) is 59.2 Å². The number of hydrogen-bond donors (Lipinski definition) is 1. The highest BCUT2D eigenvalue weighted by molar-refractivity contribution is 5.94. The van der Waals surface area contributed by atoms with Crippen LogP contribution in [-0.2, 0) is 13.0 Å². The summed E-state index contributed by atoms with van der Waals surface area (Å²) in [7, 11) is 0. The number of rotatable bonds is 5. The quantitative estimate of drug-likeness (QED) is 0.557. The normalized spacial score (nSPS) is 20.8. The van der Waals surface area contributed by atoms with Crippen molar-refractivity contribution in [3.63, 3.8) is 0 Å². The molecule has 3 saturated heterocycles. The second-order valence-corrected chi connectivity index (χ2v) is 11.3. The van der Waals surface area contributed by atoms with Crippen molar-refractivity contribution in [1.29, 1.82) is 5.26 Å². The minimum absolute atomic E-state index is 0.120. The SMILES string of the molecule is N#Cc1c(OCC23CCCN2CCC3)nc(N2CCNCC2)c2c1CN(c1cccc3ccccc13)CC2. The molecule has 3 fully saturated rings. The first-order chi connectivity index (χ1) is 18.8. The van der Waals surface area contributed by atoms with Crippen LogP contribution in [0.1, 0.15) is 42.4 Å². The van der Waals surface area contributed by atoms with E-state index >= 15 is 0 Å². The van der Waals surface area contributed by atoms with Gasteiger partial charge in [-0.1, -0.05) is 36.4 Å². The van der Waals surface area contributed by atoms with E-state index in [1.54, 1.807) is 0 Å². The summed E-state index contributed by atoms with van der Waals surface area (Å²) in [6.07, 6.45) is 5.70. The number of nitrogens with zero attached hydrogens (tertiary/aromatic N) is 5. The largest absolute Gasteiger partial charge is 0.475 e. The van der Waals surface area contributed by atoms with Gasteiger partial charge in [0.05, 0.1) is 5.54 Å². The lowest BCUT2D eigenvalue weighted by Crippen LogP contribution is -2.45. The molecule has 38 heavy (non-hydrogen) atoms. The van der Waals surface area contributed by atoms with E-state index in [1.165, 1.54) is 47.7 Å². The molecule has 0 aliphatic carbocycles. The molecular formula is C31H36N6O. The summed E-state index contributed by atoms with van der Waals surface area (Å²) in [5.74, 6) is 1.56. The molecule has 7 rings (SSSR count). The second-order valence-electron chi connectivity index (χ2n) is 11.3. The number of pyridine rings is 1. The van der Waals surface area contributed by atoms with Gasteiger partial charge in [-0.25, -0.2) is 0 Å². The lowest BCUT2D eigenvalue weighted by molar-refractivity contribution is 0.110. The monoisotopic (exact) mass is 508 g/mol. The molecule has 0 bridgehead atoms. The maximum absolute atomic E-state index is 10.5. The van der Waals surface area contributed by atoms with Gasteiger partial charge in [-0.15, -0.1) is 0 Å². The molecule has 7 heteroatoms. The van der Waals surface area contributed by atoms with Crippen LogP contribution in [0, 0.1) is 11.3 Å². The Morgan fingerprint density at radius 3 is 2.53 bits per heavy atom. The van der Waals surface area contributed by atoms with Crippen LogP contribution < -0.4 is 19.9 Å². The lowest BCUT2D eigenvalue weighted by atomic mass is 9.94. The van der Waals surface area contributed by atoms with Crippen LogP contribution >= 0.6 is 0 Å². The first kappa shape index (κ1) is 23.8. The molecule has 2 aromatic carbocycles. The molecule has 4 aliphatic rings. The molecule has 0 amide bonds. The Balaban J connectivity index is 1.28. The summed E-state index contributed by atoms with van der Waals surface area (Å²) in [4.78, 5) is 12.6. The molecule has 1 aromatic heterocycles. The lowest BCUT2D eigenvalue weighted by Gasteiger charge is -2.37. The third-order valence-electron chi connectivity index (χ3n) is 9.26. The predicted molar refractivity (Wildman–Crippen MR) is 151 cm³/mol. The van der Waals surface area contributed by atoms with Crippen LogP contribution in [0.15, 0.2) is 42.5 Å². The summed E-state index contributed by atoms with van der Waals surface area (Å²) in [6, 6.07) is 17.6. The van der Waals surface area contributed by atoms with Gasteiger partial charge in [-0.3, -0.25) is 4.90 Å². The molecule has 196 valence electrons. The third kappa shape index (κ3) is 3.98. The molecule has 7 nitrogen and oxygen atoms in total. The Morgan fingerprint density at radius 2 is 1.71 bits per heavy atom. The number of benzene rings is 2. The Labute approximate surface area is 225 Å². The fraction of sp³-hybridized carbons (Fsp3) is 0.484. The number of anilines is 2. The van der Waals surface area contributed by atoms with Gasteiger partial charge in [-0.05, 0) is 56.6 Å². The zero-order chi connectivity index (χ0) is 25.5. The van der Waals surface area contributed by atoms with E-state index in [2.05, 4.69) is 68.6 Å². The van der Waals surface area contributed by atoms with Gasteiger partial charge in [-0.2, -0.15) is 10.2 Å². The van der Waals surface area contributed by atoms with Crippen molar-refractivity contribution in [3.8, 4) is 11.9 Å². The van der Waals surface area contributed by atoms with Crippen molar-refractivity contribution in [2.75, 3.05) is 62.2 Å². The molecule has 0 unspecified atom stereocenters. The van der Waals surface area contributed by atoms with Crippen LogP contribution in [0.2, 0.25) is 0 Å². The van der Waals surface area contributed by atoms with Gasteiger partial charge in [0.2, 0.25) is 5.88 Å². The summed E-state index contributed by atoms with van der Waals surface area (Å²) in [5.41, 5.74) is 4.30. The minimum Gasteiger partial charge on any atom is -0.475 e. The molecule has 0 spiro atoms. The first-order valence-corrected chi connectivity index (χ1v) is 14.3. The molecule has 1 N–H and O–H groups in total. The number of nitrogens with one attached hydrogen (secondary N) is 1. The number of hydrogen-bond acceptors (Lipinski definition) is 7. The fourth-order valence-electron chi connectivity index (χ4n) is 7.30. The van der Waals surface area contributed by atoms with Crippen molar-refractivity contribution >= 4 is 22.3 Å². The topological polar surface area (TPSA) is 67.7 Å². The molecular weight excluding hydrogens is 472 g/mol. The zero-order valence-corrected chi connectivity index (χ0v) is 22.1. The summed E-state index contributed by atoms with van der Waals surface area (Å²) >= 11 is 0. The number of nitriles is 1. The average Bonchev–Trinajstić information content (AvgIpc) is 3.56. The molecule has 0 saturated carbocycles. The van der Waals surface area contributed by atoms with Gasteiger partial charge in [0.25, 0.3) is 0 Å². The van der Waals surface area contributed by atoms with Crippen LogP contribution in [0.3, 0.4) is 0 Å². The standard InChI is InChI=1S/C31H36N6O/c32-20-26-27-21-36(28-9-3-7-23-6-1-2-8-24(23)28)17-10-25(27)29(35-18-13-33-14-19-35)34-30(26)38-22-31-11-4-15-37(31)16-5-12-31/h1-3,6-9,33H,4-5,10-19,21-22H2. The number of aromatic nitrogens is 1. The van der Waals surface area contributed by atoms with E-state index < -0.39 is 0 Å². The highest BCUT2D eigenvalue weighted by atomic mass is 16.5. The third-order valence-corrected chi connectivity index (χ3v) is 9.26. The number of ether oxygens (including phenoxy) is 1. The second kappa shape index (κ2) is 9.76. The zero-order valence-electron chi connectivity index (χ0n) is 22.1. The molecule has 4 aliphatic heterocycles. The fourth-order valence-corrected chi connectivity index (χ4v) is 7.30. The maximum atomic E-state index is 10.5. The molecule has 3 aromatic rings. The van der Waals surface area contributed by atoms with E-state index in [0.29, 0.717) is 24.6 Å². The van der Waals surface area contributed by atoms with Gasteiger partial charge in [0.15, 0.2) is 0 Å². The van der Waals surface area contributed by atoms with Crippen molar-refractivity contribution in [1.82, 2.24) is 15.2 Å². The van der Waals surface area contributed by atoms with Crippen LogP contribution in [-0.4, -0.2) is 67.8 Å². The van der Waals surface area contributed by atoms with Gasteiger partial charge in [0, 0.05) is 61.5 Å². The Bertz CT molecular complexity index is 1380. The van der Waals surface area contributed by atoms with Crippen LogP contribution in [0.25, 0.3) is 10.8 Å². The summed E-state index contributed by atoms with van der Waals surface area (Å²) in [5, 5.41) is 16.4. The summed E-state index contributed by atoms with van der Waals surface area (Å²) < 4.78 is 6.59. The van der Waals surface area contributed by atoms with Crippen molar-refractivity contribution in [2.45, 2.75) is 44.2 Å². The predicted octanol–water partition coefficient (Wildman–Crippen LogP) is 4.09. The van der Waals surface area contributed by atoms with E-state index in [4.69, 9.17) is 9.72 Å². The number of fused-ring (bicyclic) bond motifs is 3. The maximum Gasteiger partial charge on any atom is 0.234 e. The average molecular weight is 509 g/mol. The van der Waals surface area contributed by atoms with Gasteiger partial charge >= 0.3 is 0 Å². The van der Waals surface area contributed by atoms with E-state index in [9.17, 15) is 5.26 Å². The Hall–Kier alpha value is -3.34. The molecule has 0 atom stereocenters. The van der Waals surface area contributed by atoms with E-state index in [0.717, 1.165) is 63.6 Å². The highest BCUT2D eigenvalue weighted by Crippen LogP contribution is 2.41. The van der Waals surface area contributed by atoms with Crippen molar-refractivity contribution in [2.24, 2.45) is 0 Å². The van der Waals surface area contributed by atoms with Crippen LogP contribution in [0.5, 0.6) is 5.88 Å². The van der Waals surface area contributed by atoms with E-state index in [1.807, 2.05) is 0 Å². The van der Waals surface area contributed by atoms with Crippen LogP contribution in [0.4, 0.5) is 11.5 Å². The summed E-state index contributed by atoms with van der Waals surface area (Å²) in [6.45, 7) is 8.31.